The number of rotatable bonds is 0. The average molecular weight is 228 g/mol. The molecule has 0 atom stereocenters. The molecule has 0 radical (unpaired) electrons. The standard InChI is InChI=1S/C9H7Cl2N3/c1-4-13-8-3-7(11)6(10)2-5(8)9(12)14-4/h2-3H,1H3,(H2,12,13,14). The highest BCUT2D eigenvalue weighted by Gasteiger charge is 2.06. The zero-order valence-electron chi connectivity index (χ0n) is 7.38. The fraction of sp³-hybridized carbons (Fsp3) is 0.111. The zero-order valence-corrected chi connectivity index (χ0v) is 8.89. The van der Waals surface area contributed by atoms with Gasteiger partial charge < -0.3 is 5.73 Å². The van der Waals surface area contributed by atoms with Crippen LogP contribution in [0.2, 0.25) is 10.0 Å². The Morgan fingerprint density at radius 2 is 1.79 bits per heavy atom. The number of hydrogen-bond acceptors (Lipinski definition) is 3. The number of nitrogens with two attached hydrogens (primary N) is 1. The van der Waals surface area contributed by atoms with Crippen molar-refractivity contribution in [2.24, 2.45) is 0 Å². The van der Waals surface area contributed by atoms with Gasteiger partial charge >= 0.3 is 0 Å². The maximum atomic E-state index is 5.86. The number of nitrogen functional groups attached to an aromatic ring is 1. The van der Waals surface area contributed by atoms with Gasteiger partial charge in [-0.15, -0.1) is 0 Å². The van der Waals surface area contributed by atoms with Crippen LogP contribution in [0.1, 0.15) is 5.82 Å². The fourth-order valence-electron chi connectivity index (χ4n) is 1.27. The minimum absolute atomic E-state index is 0.422. The second-order valence-electron chi connectivity index (χ2n) is 2.94. The molecule has 1 aromatic heterocycles. The fourth-order valence-corrected chi connectivity index (χ4v) is 1.59. The lowest BCUT2D eigenvalue weighted by atomic mass is 10.2. The van der Waals surface area contributed by atoms with Crippen molar-refractivity contribution in [2.75, 3.05) is 5.73 Å². The molecule has 0 saturated heterocycles. The Balaban J connectivity index is 2.89. The topological polar surface area (TPSA) is 51.8 Å². The Bertz CT molecular complexity index is 511. The first-order chi connectivity index (χ1) is 6.58. The van der Waals surface area contributed by atoms with E-state index in [1.54, 1.807) is 19.1 Å². The van der Waals surface area contributed by atoms with Gasteiger partial charge in [0.15, 0.2) is 0 Å². The van der Waals surface area contributed by atoms with Crippen molar-refractivity contribution in [1.29, 1.82) is 0 Å². The molecule has 0 unspecified atom stereocenters. The van der Waals surface area contributed by atoms with Gasteiger partial charge in [-0.25, -0.2) is 9.97 Å². The molecule has 0 aliphatic heterocycles. The first kappa shape index (κ1) is 9.49. The maximum Gasteiger partial charge on any atom is 0.135 e. The van der Waals surface area contributed by atoms with Crippen molar-refractivity contribution in [2.45, 2.75) is 6.92 Å². The van der Waals surface area contributed by atoms with Crippen molar-refractivity contribution in [3.63, 3.8) is 0 Å². The van der Waals surface area contributed by atoms with E-state index in [2.05, 4.69) is 9.97 Å². The van der Waals surface area contributed by atoms with Gasteiger partial charge in [-0.05, 0) is 19.1 Å². The minimum Gasteiger partial charge on any atom is -0.383 e. The molecule has 0 spiro atoms. The smallest absolute Gasteiger partial charge is 0.135 e. The normalized spacial score (nSPS) is 10.8. The van der Waals surface area contributed by atoms with Crippen LogP contribution in [0.3, 0.4) is 0 Å². The Morgan fingerprint density at radius 1 is 1.14 bits per heavy atom. The molecule has 0 saturated carbocycles. The third-order valence-electron chi connectivity index (χ3n) is 1.88. The molecule has 2 N–H and O–H groups in total. The highest BCUT2D eigenvalue weighted by atomic mass is 35.5. The Morgan fingerprint density at radius 3 is 2.50 bits per heavy atom. The third-order valence-corrected chi connectivity index (χ3v) is 2.60. The van der Waals surface area contributed by atoms with Crippen molar-refractivity contribution in [3.8, 4) is 0 Å². The van der Waals surface area contributed by atoms with Crippen LogP contribution in [0.15, 0.2) is 12.1 Å². The second-order valence-corrected chi connectivity index (χ2v) is 3.75. The van der Waals surface area contributed by atoms with Gasteiger partial charge in [-0.3, -0.25) is 0 Å². The molecule has 72 valence electrons. The number of fused-ring (bicyclic) bond motifs is 1. The summed E-state index contributed by atoms with van der Waals surface area (Å²) < 4.78 is 0. The second kappa shape index (κ2) is 3.26. The molecule has 0 aliphatic carbocycles. The van der Waals surface area contributed by atoms with Crippen molar-refractivity contribution in [1.82, 2.24) is 9.97 Å². The Hall–Kier alpha value is -1.06. The van der Waals surface area contributed by atoms with Gasteiger partial charge in [-0.2, -0.15) is 0 Å². The lowest BCUT2D eigenvalue weighted by molar-refractivity contribution is 1.10. The summed E-state index contributed by atoms with van der Waals surface area (Å²) in [5.41, 5.74) is 6.44. The molecule has 0 bridgehead atoms. The van der Waals surface area contributed by atoms with E-state index in [0.717, 1.165) is 5.39 Å². The predicted octanol–water partition coefficient (Wildman–Crippen LogP) is 2.83. The molecule has 3 nitrogen and oxygen atoms in total. The number of nitrogens with zero attached hydrogens (tertiary/aromatic N) is 2. The molecule has 1 aromatic carbocycles. The Kier molecular flexibility index (Phi) is 2.21. The van der Waals surface area contributed by atoms with Crippen molar-refractivity contribution < 1.29 is 0 Å². The molecule has 5 heteroatoms. The van der Waals surface area contributed by atoms with E-state index >= 15 is 0 Å². The largest absolute Gasteiger partial charge is 0.383 e. The van der Waals surface area contributed by atoms with Crippen LogP contribution >= 0.6 is 23.2 Å². The quantitative estimate of drug-likeness (QED) is 0.754. The average Bonchev–Trinajstić information content (AvgIpc) is 2.08. The van der Waals surface area contributed by atoms with Gasteiger partial charge in [0.05, 0.1) is 15.6 Å². The summed E-state index contributed by atoms with van der Waals surface area (Å²) in [6.07, 6.45) is 0. The van der Waals surface area contributed by atoms with Gasteiger partial charge in [-0.1, -0.05) is 23.2 Å². The lowest BCUT2D eigenvalue weighted by Crippen LogP contribution is -1.97. The van der Waals surface area contributed by atoms with E-state index in [9.17, 15) is 0 Å². The van der Waals surface area contributed by atoms with Gasteiger partial charge in [0.2, 0.25) is 0 Å². The van der Waals surface area contributed by atoms with Gasteiger partial charge in [0, 0.05) is 5.39 Å². The summed E-state index contributed by atoms with van der Waals surface area (Å²) in [4.78, 5) is 8.24. The van der Waals surface area contributed by atoms with E-state index < -0.39 is 0 Å². The van der Waals surface area contributed by atoms with E-state index in [1.165, 1.54) is 0 Å². The molecule has 0 fully saturated rings. The summed E-state index contributed by atoms with van der Waals surface area (Å²) >= 11 is 11.7. The van der Waals surface area contributed by atoms with Gasteiger partial charge in [0.1, 0.15) is 11.6 Å². The van der Waals surface area contributed by atoms with E-state index in [0.29, 0.717) is 27.2 Å². The zero-order chi connectivity index (χ0) is 10.3. The molecule has 14 heavy (non-hydrogen) atoms. The van der Waals surface area contributed by atoms with Crippen LogP contribution in [0.4, 0.5) is 5.82 Å². The van der Waals surface area contributed by atoms with Crippen LogP contribution in [0.25, 0.3) is 10.9 Å². The highest BCUT2D eigenvalue weighted by molar-refractivity contribution is 6.42. The monoisotopic (exact) mass is 227 g/mol. The van der Waals surface area contributed by atoms with E-state index in [-0.39, 0.29) is 0 Å². The van der Waals surface area contributed by atoms with Crippen LogP contribution in [-0.4, -0.2) is 9.97 Å². The minimum atomic E-state index is 0.422. The van der Waals surface area contributed by atoms with Crippen LogP contribution in [-0.2, 0) is 0 Å². The number of anilines is 1. The molecular formula is C9H7Cl2N3. The summed E-state index contributed by atoms with van der Waals surface area (Å²) in [5.74, 6) is 1.04. The lowest BCUT2D eigenvalue weighted by Gasteiger charge is -2.03. The van der Waals surface area contributed by atoms with Crippen molar-refractivity contribution >= 4 is 39.9 Å². The van der Waals surface area contributed by atoms with Crippen LogP contribution in [0.5, 0.6) is 0 Å². The highest BCUT2D eigenvalue weighted by Crippen LogP contribution is 2.28. The summed E-state index contributed by atoms with van der Waals surface area (Å²) in [7, 11) is 0. The first-order valence-corrected chi connectivity index (χ1v) is 4.72. The van der Waals surface area contributed by atoms with Crippen LogP contribution < -0.4 is 5.73 Å². The third kappa shape index (κ3) is 1.49. The first-order valence-electron chi connectivity index (χ1n) is 3.97. The number of aryl methyl sites for hydroxylation is 1. The molecule has 2 aromatic rings. The summed E-state index contributed by atoms with van der Waals surface area (Å²) in [6.45, 7) is 1.78. The molecule has 1 heterocycles. The predicted molar refractivity (Wildman–Crippen MR) is 58.7 cm³/mol. The van der Waals surface area contributed by atoms with E-state index in [1.807, 2.05) is 0 Å². The van der Waals surface area contributed by atoms with Crippen molar-refractivity contribution in [3.05, 3.63) is 28.0 Å². The molecule has 2 rings (SSSR count). The molecule has 0 aliphatic rings. The summed E-state index contributed by atoms with van der Waals surface area (Å²) in [6, 6.07) is 3.36. The number of hydrogen-bond donors (Lipinski definition) is 1. The SMILES string of the molecule is Cc1nc(N)c2cc(Cl)c(Cl)cc2n1. The number of halogens is 2. The molecular weight excluding hydrogens is 221 g/mol. The maximum absolute atomic E-state index is 5.86. The van der Waals surface area contributed by atoms with E-state index in [4.69, 9.17) is 28.9 Å². The Labute approximate surface area is 90.9 Å². The number of aromatic nitrogens is 2. The summed E-state index contributed by atoms with van der Waals surface area (Å²) in [5, 5.41) is 1.65. The number of benzene rings is 1. The van der Waals surface area contributed by atoms with Crippen LogP contribution in [0, 0.1) is 6.92 Å². The molecule has 0 amide bonds. The van der Waals surface area contributed by atoms with Gasteiger partial charge in [0.25, 0.3) is 0 Å².